The number of fused-ring (bicyclic) bond motifs is 1. The number of hydrogen-bond acceptors (Lipinski definition) is 2. The van der Waals surface area contributed by atoms with E-state index in [9.17, 15) is 0 Å². The Balaban J connectivity index is 1.72. The van der Waals surface area contributed by atoms with Crippen molar-refractivity contribution in [1.29, 1.82) is 0 Å². The molecule has 0 spiro atoms. The lowest BCUT2D eigenvalue weighted by Gasteiger charge is -2.09. The van der Waals surface area contributed by atoms with Gasteiger partial charge in [0, 0.05) is 23.0 Å². The molecule has 3 heteroatoms. The van der Waals surface area contributed by atoms with Crippen LogP contribution >= 0.6 is 27.3 Å². The molecule has 1 N–H and O–H groups in total. The highest BCUT2D eigenvalue weighted by Gasteiger charge is 2.20. The van der Waals surface area contributed by atoms with Crippen LogP contribution < -0.4 is 5.32 Å². The molecule has 0 bridgehead atoms. The monoisotopic (exact) mass is 293 g/mol. The van der Waals surface area contributed by atoms with Gasteiger partial charge in [-0.05, 0) is 46.1 Å². The number of thiophene rings is 1. The third kappa shape index (κ3) is 2.02. The molecule has 1 aliphatic heterocycles. The zero-order valence-corrected chi connectivity index (χ0v) is 11.1. The fraction of sp³-hybridized carbons (Fsp3) is 0.231. The molecule has 2 heterocycles. The van der Waals surface area contributed by atoms with Crippen molar-refractivity contribution in [3.63, 3.8) is 0 Å². The first-order valence-electron chi connectivity index (χ1n) is 5.40. The third-order valence-corrected chi connectivity index (χ3v) is 4.57. The Labute approximate surface area is 108 Å². The van der Waals surface area contributed by atoms with E-state index >= 15 is 0 Å². The molecule has 1 unspecified atom stereocenters. The minimum atomic E-state index is 0.558. The highest BCUT2D eigenvalue weighted by molar-refractivity contribution is 9.11. The van der Waals surface area contributed by atoms with Gasteiger partial charge in [0.25, 0.3) is 0 Å². The largest absolute Gasteiger partial charge is 0.381 e. The summed E-state index contributed by atoms with van der Waals surface area (Å²) in [4.78, 5) is 1.44. The van der Waals surface area contributed by atoms with Gasteiger partial charge in [-0.1, -0.05) is 18.2 Å². The Morgan fingerprint density at radius 1 is 1.25 bits per heavy atom. The minimum Gasteiger partial charge on any atom is -0.381 e. The first kappa shape index (κ1) is 10.4. The van der Waals surface area contributed by atoms with Crippen molar-refractivity contribution in [3.05, 3.63) is 50.6 Å². The fourth-order valence-corrected chi connectivity index (χ4v) is 3.77. The molecule has 2 aromatic rings. The summed E-state index contributed by atoms with van der Waals surface area (Å²) in [6, 6.07) is 13.5. The lowest BCUT2D eigenvalue weighted by Crippen LogP contribution is -2.17. The van der Waals surface area contributed by atoms with Gasteiger partial charge in [0.05, 0.1) is 3.79 Å². The van der Waals surface area contributed by atoms with Gasteiger partial charge in [-0.15, -0.1) is 11.3 Å². The number of hydrogen-bond donors (Lipinski definition) is 1. The van der Waals surface area contributed by atoms with E-state index in [1.165, 1.54) is 19.9 Å². The van der Waals surface area contributed by atoms with Gasteiger partial charge in [0.1, 0.15) is 0 Å². The molecule has 16 heavy (non-hydrogen) atoms. The molecule has 3 rings (SSSR count). The first-order valence-corrected chi connectivity index (χ1v) is 7.01. The number of anilines is 1. The Kier molecular flexibility index (Phi) is 2.74. The van der Waals surface area contributed by atoms with Gasteiger partial charge in [-0.2, -0.15) is 0 Å². The van der Waals surface area contributed by atoms with Crippen LogP contribution in [0.2, 0.25) is 0 Å². The Morgan fingerprint density at radius 2 is 2.12 bits per heavy atom. The fourth-order valence-electron chi connectivity index (χ4n) is 2.20. The van der Waals surface area contributed by atoms with Crippen LogP contribution in [0.3, 0.4) is 0 Å². The van der Waals surface area contributed by atoms with Crippen LogP contribution in [0.5, 0.6) is 0 Å². The molecule has 0 amide bonds. The lowest BCUT2D eigenvalue weighted by molar-refractivity contribution is 0.755. The summed E-state index contributed by atoms with van der Waals surface area (Å²) in [5, 5.41) is 3.58. The second kappa shape index (κ2) is 4.22. The van der Waals surface area contributed by atoms with E-state index < -0.39 is 0 Å². The molecule has 82 valence electrons. The molecule has 1 aliphatic rings. The van der Waals surface area contributed by atoms with Crippen molar-refractivity contribution < 1.29 is 0 Å². The zero-order valence-electron chi connectivity index (χ0n) is 8.74. The lowest BCUT2D eigenvalue weighted by atomic mass is 10.1. The summed E-state index contributed by atoms with van der Waals surface area (Å²) >= 11 is 5.34. The van der Waals surface area contributed by atoms with Crippen molar-refractivity contribution in [2.24, 2.45) is 0 Å². The number of benzene rings is 1. The summed E-state index contributed by atoms with van der Waals surface area (Å²) in [6.07, 6.45) is 2.26. The Hall–Kier alpha value is -0.800. The van der Waals surface area contributed by atoms with Crippen molar-refractivity contribution in [3.8, 4) is 0 Å². The average Bonchev–Trinajstić information content (AvgIpc) is 2.84. The van der Waals surface area contributed by atoms with E-state index in [4.69, 9.17) is 0 Å². The predicted molar refractivity (Wildman–Crippen MR) is 73.3 cm³/mol. The van der Waals surface area contributed by atoms with E-state index in [0.717, 1.165) is 12.8 Å². The van der Waals surface area contributed by atoms with Crippen molar-refractivity contribution >= 4 is 33.0 Å². The van der Waals surface area contributed by atoms with Crippen molar-refractivity contribution in [2.75, 3.05) is 5.32 Å². The summed E-state index contributed by atoms with van der Waals surface area (Å²) in [5.74, 6) is 0. The van der Waals surface area contributed by atoms with E-state index in [1.807, 2.05) is 11.3 Å². The van der Waals surface area contributed by atoms with Gasteiger partial charge < -0.3 is 5.32 Å². The summed E-state index contributed by atoms with van der Waals surface area (Å²) in [6.45, 7) is 0. The minimum absolute atomic E-state index is 0.558. The normalized spacial score (nSPS) is 18.2. The second-order valence-electron chi connectivity index (χ2n) is 4.11. The second-order valence-corrected chi connectivity index (χ2v) is 6.66. The van der Waals surface area contributed by atoms with E-state index in [0.29, 0.717) is 6.04 Å². The number of halogens is 1. The van der Waals surface area contributed by atoms with Crippen LogP contribution in [0.15, 0.2) is 40.2 Å². The molecule has 1 atom stereocenters. The maximum Gasteiger partial charge on any atom is 0.0701 e. The van der Waals surface area contributed by atoms with Crippen LogP contribution in [-0.4, -0.2) is 6.04 Å². The van der Waals surface area contributed by atoms with Crippen LogP contribution in [0.4, 0.5) is 5.69 Å². The number of nitrogens with one attached hydrogen (secondary N) is 1. The molecule has 0 saturated carbocycles. The van der Waals surface area contributed by atoms with E-state index in [-0.39, 0.29) is 0 Å². The van der Waals surface area contributed by atoms with Gasteiger partial charge in [-0.25, -0.2) is 0 Å². The van der Waals surface area contributed by atoms with Gasteiger partial charge in [0.2, 0.25) is 0 Å². The first-order chi connectivity index (χ1) is 7.81. The molecule has 0 saturated heterocycles. The topological polar surface area (TPSA) is 12.0 Å². The summed E-state index contributed by atoms with van der Waals surface area (Å²) in [5.41, 5.74) is 2.76. The number of rotatable bonds is 2. The molecule has 1 aromatic heterocycles. The van der Waals surface area contributed by atoms with Crippen LogP contribution in [0.1, 0.15) is 10.4 Å². The average molecular weight is 294 g/mol. The third-order valence-electron chi connectivity index (χ3n) is 2.92. The Morgan fingerprint density at radius 3 is 2.88 bits per heavy atom. The van der Waals surface area contributed by atoms with Crippen LogP contribution in [-0.2, 0) is 12.8 Å². The SMILES string of the molecule is Brc1ccc(CC2Cc3ccccc3N2)s1. The van der Waals surface area contributed by atoms with Gasteiger partial charge >= 0.3 is 0 Å². The molecule has 0 radical (unpaired) electrons. The summed E-state index contributed by atoms with van der Waals surface area (Å²) < 4.78 is 1.22. The molecule has 0 fully saturated rings. The molecule has 0 aliphatic carbocycles. The van der Waals surface area contributed by atoms with Crippen molar-refractivity contribution in [1.82, 2.24) is 0 Å². The van der Waals surface area contributed by atoms with E-state index in [2.05, 4.69) is 57.6 Å². The van der Waals surface area contributed by atoms with Crippen molar-refractivity contribution in [2.45, 2.75) is 18.9 Å². The highest BCUT2D eigenvalue weighted by Crippen LogP contribution is 2.29. The quantitative estimate of drug-likeness (QED) is 0.879. The summed E-state index contributed by atoms with van der Waals surface area (Å²) in [7, 11) is 0. The van der Waals surface area contributed by atoms with Crippen LogP contribution in [0.25, 0.3) is 0 Å². The maximum absolute atomic E-state index is 3.58. The van der Waals surface area contributed by atoms with Gasteiger partial charge in [-0.3, -0.25) is 0 Å². The maximum atomic E-state index is 3.58. The highest BCUT2D eigenvalue weighted by atomic mass is 79.9. The molecular formula is C13H12BrNS. The number of para-hydroxylation sites is 1. The van der Waals surface area contributed by atoms with Gasteiger partial charge in [0.15, 0.2) is 0 Å². The molecular weight excluding hydrogens is 282 g/mol. The smallest absolute Gasteiger partial charge is 0.0701 e. The molecule has 1 nitrogen and oxygen atoms in total. The standard InChI is InChI=1S/C13H12BrNS/c14-13-6-5-11(16-13)8-10-7-9-3-1-2-4-12(9)15-10/h1-6,10,15H,7-8H2. The van der Waals surface area contributed by atoms with Crippen LogP contribution in [0, 0.1) is 0 Å². The molecule has 1 aromatic carbocycles. The van der Waals surface area contributed by atoms with E-state index in [1.54, 1.807) is 0 Å². The Bertz CT molecular complexity index is 481. The predicted octanol–water partition coefficient (Wildman–Crippen LogP) is 4.09. The zero-order chi connectivity index (χ0) is 11.0.